The van der Waals surface area contributed by atoms with Gasteiger partial charge in [0.2, 0.25) is 0 Å². The van der Waals surface area contributed by atoms with E-state index in [0.717, 1.165) is 18.6 Å². The summed E-state index contributed by atoms with van der Waals surface area (Å²) in [5.41, 5.74) is 0. The lowest BCUT2D eigenvalue weighted by Crippen LogP contribution is -2.42. The van der Waals surface area contributed by atoms with E-state index in [0.29, 0.717) is 13.0 Å². The molecule has 0 bridgehead atoms. The molecule has 100 valence electrons. The van der Waals surface area contributed by atoms with E-state index in [4.69, 9.17) is 4.74 Å². The van der Waals surface area contributed by atoms with Crippen molar-refractivity contribution < 1.29 is 19.1 Å². The number of unbranched alkanes of at least 4 members (excludes halogenated alkanes) is 1. The van der Waals surface area contributed by atoms with Gasteiger partial charge in [-0.1, -0.05) is 13.3 Å². The molecule has 0 aromatic rings. The van der Waals surface area contributed by atoms with Crippen LogP contribution in [0.3, 0.4) is 0 Å². The molecule has 0 aromatic carbocycles. The highest BCUT2D eigenvalue weighted by atomic mass is 32.2. The number of rotatable bonds is 8. The Morgan fingerprint density at radius 1 is 1.41 bits per heavy atom. The molecule has 1 amide bonds. The third-order valence-corrected chi connectivity index (χ3v) is 2.76. The molecule has 5 nitrogen and oxygen atoms in total. The number of carbonyl (C=O) groups is 2. The first kappa shape index (κ1) is 16.1. The normalized spacial score (nSPS) is 11.7. The van der Waals surface area contributed by atoms with Crippen LogP contribution >= 0.6 is 11.8 Å². The zero-order chi connectivity index (χ0) is 13.1. The molecule has 17 heavy (non-hydrogen) atoms. The van der Waals surface area contributed by atoms with E-state index in [1.54, 1.807) is 11.8 Å². The van der Waals surface area contributed by atoms with Crippen LogP contribution in [-0.2, 0) is 14.3 Å². The van der Waals surface area contributed by atoms with E-state index in [9.17, 15) is 9.59 Å². The predicted octanol–water partition coefficient (Wildman–Crippen LogP) is 1.81. The van der Waals surface area contributed by atoms with Gasteiger partial charge in [0, 0.05) is 0 Å². The lowest BCUT2D eigenvalue weighted by Gasteiger charge is -2.15. The molecule has 0 saturated carbocycles. The molecule has 0 rings (SSSR count). The Morgan fingerprint density at radius 3 is 2.65 bits per heavy atom. The minimum Gasteiger partial charge on any atom is -0.467 e. The van der Waals surface area contributed by atoms with Gasteiger partial charge in [-0.15, -0.1) is 0 Å². The fourth-order valence-corrected chi connectivity index (χ4v) is 1.59. The van der Waals surface area contributed by atoms with Crippen LogP contribution in [0, 0.1) is 0 Å². The quantitative estimate of drug-likeness (QED) is 0.534. The molecule has 1 N–H and O–H groups in total. The maximum atomic E-state index is 11.4. The van der Waals surface area contributed by atoms with E-state index in [1.807, 2.05) is 13.2 Å². The lowest BCUT2D eigenvalue weighted by atomic mass is 10.2. The number of nitrogens with one attached hydrogen (secondary N) is 1. The van der Waals surface area contributed by atoms with Crippen LogP contribution < -0.4 is 5.32 Å². The van der Waals surface area contributed by atoms with Crippen molar-refractivity contribution >= 4 is 23.8 Å². The number of ether oxygens (including phenoxy) is 2. The van der Waals surface area contributed by atoms with Crippen molar-refractivity contribution in [3.8, 4) is 0 Å². The summed E-state index contributed by atoms with van der Waals surface area (Å²) in [7, 11) is 1.30. The van der Waals surface area contributed by atoms with Gasteiger partial charge in [-0.05, 0) is 24.9 Å². The fourth-order valence-electron chi connectivity index (χ4n) is 1.12. The van der Waals surface area contributed by atoms with E-state index in [1.165, 1.54) is 7.11 Å². The Kier molecular flexibility index (Phi) is 9.71. The first-order chi connectivity index (χ1) is 8.15. The molecule has 0 fully saturated rings. The summed E-state index contributed by atoms with van der Waals surface area (Å²) < 4.78 is 9.54. The van der Waals surface area contributed by atoms with Crippen LogP contribution in [-0.4, -0.2) is 43.8 Å². The monoisotopic (exact) mass is 263 g/mol. The Balaban J connectivity index is 4.03. The Morgan fingerprint density at radius 2 is 2.12 bits per heavy atom. The van der Waals surface area contributed by atoms with Crippen LogP contribution in [0.15, 0.2) is 0 Å². The number of esters is 1. The third kappa shape index (κ3) is 7.90. The SMILES string of the molecule is CCCCOC(=O)N[C@@H](CCSC)C(=O)OC. The second kappa shape index (κ2) is 10.3. The van der Waals surface area contributed by atoms with Crippen molar-refractivity contribution in [1.29, 1.82) is 0 Å². The zero-order valence-corrected chi connectivity index (χ0v) is 11.5. The van der Waals surface area contributed by atoms with Crippen LogP contribution in [0.25, 0.3) is 0 Å². The third-order valence-electron chi connectivity index (χ3n) is 2.12. The molecule has 0 spiro atoms. The van der Waals surface area contributed by atoms with Gasteiger partial charge in [0.1, 0.15) is 6.04 Å². The molecule has 0 aliphatic rings. The van der Waals surface area contributed by atoms with Crippen molar-refractivity contribution in [1.82, 2.24) is 5.32 Å². The highest BCUT2D eigenvalue weighted by Crippen LogP contribution is 2.03. The highest BCUT2D eigenvalue weighted by molar-refractivity contribution is 7.98. The van der Waals surface area contributed by atoms with Crippen LogP contribution in [0.5, 0.6) is 0 Å². The summed E-state index contributed by atoms with van der Waals surface area (Å²) in [5, 5.41) is 2.51. The highest BCUT2D eigenvalue weighted by Gasteiger charge is 2.21. The van der Waals surface area contributed by atoms with Crippen LogP contribution in [0.4, 0.5) is 4.79 Å². The van der Waals surface area contributed by atoms with Gasteiger partial charge in [0.05, 0.1) is 13.7 Å². The van der Waals surface area contributed by atoms with E-state index < -0.39 is 18.1 Å². The molecule has 0 aromatic heterocycles. The maximum absolute atomic E-state index is 11.4. The molecule has 0 radical (unpaired) electrons. The number of alkyl carbamates (subject to hydrolysis) is 1. The van der Waals surface area contributed by atoms with Gasteiger partial charge in [-0.3, -0.25) is 0 Å². The summed E-state index contributed by atoms with van der Waals surface area (Å²) in [6.45, 7) is 2.38. The number of methoxy groups -OCH3 is 1. The molecule has 1 atom stereocenters. The molecular formula is C11H21NO4S. The number of amides is 1. The van der Waals surface area contributed by atoms with Crippen molar-refractivity contribution in [2.24, 2.45) is 0 Å². The second-order valence-electron chi connectivity index (χ2n) is 3.49. The molecule has 0 heterocycles. The molecule has 0 aliphatic carbocycles. The summed E-state index contributed by atoms with van der Waals surface area (Å²) >= 11 is 1.61. The molecular weight excluding hydrogens is 242 g/mol. The minimum absolute atomic E-state index is 0.374. The lowest BCUT2D eigenvalue weighted by molar-refractivity contribution is -0.143. The first-order valence-electron chi connectivity index (χ1n) is 5.65. The number of carbonyl (C=O) groups excluding carboxylic acids is 2. The largest absolute Gasteiger partial charge is 0.467 e. The summed E-state index contributed by atoms with van der Waals surface area (Å²) in [5.74, 6) is 0.334. The minimum atomic E-state index is -0.624. The molecule has 0 unspecified atom stereocenters. The topological polar surface area (TPSA) is 64.6 Å². The zero-order valence-electron chi connectivity index (χ0n) is 10.7. The number of hydrogen-bond donors (Lipinski definition) is 1. The molecule has 0 aliphatic heterocycles. The van der Waals surface area contributed by atoms with E-state index >= 15 is 0 Å². The average molecular weight is 263 g/mol. The predicted molar refractivity (Wildman–Crippen MR) is 68.2 cm³/mol. The summed E-state index contributed by atoms with van der Waals surface area (Å²) in [6, 6.07) is -0.624. The van der Waals surface area contributed by atoms with Gasteiger partial charge >= 0.3 is 12.1 Å². The van der Waals surface area contributed by atoms with Gasteiger partial charge in [-0.2, -0.15) is 11.8 Å². The van der Waals surface area contributed by atoms with Crippen molar-refractivity contribution in [2.45, 2.75) is 32.2 Å². The van der Waals surface area contributed by atoms with Crippen molar-refractivity contribution in [3.05, 3.63) is 0 Å². The number of hydrogen-bond acceptors (Lipinski definition) is 5. The van der Waals surface area contributed by atoms with E-state index in [-0.39, 0.29) is 0 Å². The first-order valence-corrected chi connectivity index (χ1v) is 7.05. The van der Waals surface area contributed by atoms with Gasteiger partial charge in [0.25, 0.3) is 0 Å². The Labute approximate surface area is 107 Å². The molecule has 0 saturated heterocycles. The van der Waals surface area contributed by atoms with Crippen LogP contribution in [0.2, 0.25) is 0 Å². The fraction of sp³-hybridized carbons (Fsp3) is 0.818. The van der Waals surface area contributed by atoms with E-state index in [2.05, 4.69) is 10.1 Å². The summed E-state index contributed by atoms with van der Waals surface area (Å²) in [4.78, 5) is 22.7. The van der Waals surface area contributed by atoms with Gasteiger partial charge < -0.3 is 14.8 Å². The Bertz CT molecular complexity index is 236. The molecule has 6 heteroatoms. The average Bonchev–Trinajstić information content (AvgIpc) is 2.33. The van der Waals surface area contributed by atoms with Crippen LogP contribution in [0.1, 0.15) is 26.2 Å². The van der Waals surface area contributed by atoms with Gasteiger partial charge in [0.15, 0.2) is 0 Å². The number of thioether (sulfide) groups is 1. The van der Waals surface area contributed by atoms with Gasteiger partial charge in [-0.25, -0.2) is 9.59 Å². The van der Waals surface area contributed by atoms with Crippen molar-refractivity contribution in [3.63, 3.8) is 0 Å². The summed E-state index contributed by atoms with van der Waals surface area (Å²) in [6.07, 6.45) is 3.70. The van der Waals surface area contributed by atoms with Crippen molar-refractivity contribution in [2.75, 3.05) is 25.7 Å². The standard InChI is InChI=1S/C11H21NO4S/c1-4-5-7-16-11(14)12-9(6-8-17-3)10(13)15-2/h9H,4-8H2,1-3H3,(H,12,14)/t9-/m0/s1. The maximum Gasteiger partial charge on any atom is 0.407 e. The smallest absolute Gasteiger partial charge is 0.407 e. The Hall–Kier alpha value is -0.910. The second-order valence-corrected chi connectivity index (χ2v) is 4.48.